The van der Waals surface area contributed by atoms with E-state index in [-0.39, 0.29) is 11.3 Å². The molecule has 0 saturated carbocycles. The molecule has 0 aliphatic rings. The number of hydrogen-bond donors (Lipinski definition) is 2. The molecule has 1 amide bonds. The fraction of sp³-hybridized carbons (Fsp3) is 0.636. The molecule has 0 saturated heterocycles. The van der Waals surface area contributed by atoms with Gasteiger partial charge in [0.15, 0.2) is 5.82 Å². The van der Waals surface area contributed by atoms with Gasteiger partial charge in [0.25, 0.3) is 0 Å². The zero-order chi connectivity index (χ0) is 12.3. The van der Waals surface area contributed by atoms with Crippen LogP contribution >= 0.6 is 0 Å². The highest BCUT2D eigenvalue weighted by Gasteiger charge is 2.21. The van der Waals surface area contributed by atoms with Crippen molar-refractivity contribution in [3.8, 4) is 0 Å². The molecule has 0 fully saturated rings. The summed E-state index contributed by atoms with van der Waals surface area (Å²) in [4.78, 5) is 11.5. The van der Waals surface area contributed by atoms with Crippen molar-refractivity contribution in [2.75, 3.05) is 5.32 Å². The van der Waals surface area contributed by atoms with Crippen molar-refractivity contribution >= 4 is 11.7 Å². The number of amides is 1. The molecule has 1 unspecified atom stereocenters. The first-order valence-electron chi connectivity index (χ1n) is 5.38. The van der Waals surface area contributed by atoms with Gasteiger partial charge in [0, 0.05) is 11.5 Å². The molecule has 1 atom stereocenters. The fourth-order valence-corrected chi connectivity index (χ4v) is 1.09. The first-order chi connectivity index (χ1) is 7.34. The molecule has 90 valence electrons. The van der Waals surface area contributed by atoms with Gasteiger partial charge in [-0.3, -0.25) is 4.79 Å². The maximum absolute atomic E-state index is 11.5. The van der Waals surface area contributed by atoms with Crippen molar-refractivity contribution in [2.24, 2.45) is 5.73 Å². The molecule has 1 aromatic heterocycles. The van der Waals surface area contributed by atoms with E-state index < -0.39 is 6.04 Å². The first-order valence-corrected chi connectivity index (χ1v) is 5.38. The molecule has 0 radical (unpaired) electrons. The van der Waals surface area contributed by atoms with Crippen LogP contribution in [-0.2, 0) is 10.2 Å². The van der Waals surface area contributed by atoms with E-state index in [1.807, 2.05) is 27.7 Å². The number of nitrogens with one attached hydrogen (secondary N) is 1. The molecule has 0 spiro atoms. The Kier molecular flexibility index (Phi) is 3.70. The van der Waals surface area contributed by atoms with Gasteiger partial charge in [-0.2, -0.15) is 0 Å². The Bertz CT molecular complexity index is 366. The second kappa shape index (κ2) is 4.65. The Morgan fingerprint density at radius 1 is 1.62 bits per heavy atom. The Hall–Kier alpha value is -1.36. The van der Waals surface area contributed by atoms with Crippen LogP contribution in [0.3, 0.4) is 0 Å². The molecule has 5 heteroatoms. The number of anilines is 1. The molecule has 1 aromatic rings. The molecule has 0 aromatic carbocycles. The number of nitrogens with two attached hydrogens (primary N) is 1. The van der Waals surface area contributed by atoms with Gasteiger partial charge in [-0.05, 0) is 6.42 Å². The monoisotopic (exact) mass is 225 g/mol. The van der Waals surface area contributed by atoms with Crippen molar-refractivity contribution in [2.45, 2.75) is 45.6 Å². The van der Waals surface area contributed by atoms with Gasteiger partial charge in [0.05, 0.1) is 6.04 Å². The average Bonchev–Trinajstić information content (AvgIpc) is 2.64. The van der Waals surface area contributed by atoms with Crippen LogP contribution in [0.5, 0.6) is 0 Å². The van der Waals surface area contributed by atoms with Gasteiger partial charge in [-0.25, -0.2) is 0 Å². The third-order valence-corrected chi connectivity index (χ3v) is 2.28. The van der Waals surface area contributed by atoms with E-state index in [2.05, 4.69) is 10.5 Å². The van der Waals surface area contributed by atoms with Crippen LogP contribution < -0.4 is 11.1 Å². The summed E-state index contributed by atoms with van der Waals surface area (Å²) in [5.41, 5.74) is 5.46. The summed E-state index contributed by atoms with van der Waals surface area (Å²) in [6.45, 7) is 7.89. The van der Waals surface area contributed by atoms with E-state index in [1.165, 1.54) is 0 Å². The number of nitrogens with zero attached hydrogens (tertiary/aromatic N) is 1. The molecule has 0 bridgehead atoms. The Morgan fingerprint density at radius 3 is 2.69 bits per heavy atom. The second-order valence-corrected chi connectivity index (χ2v) is 4.83. The molecule has 5 nitrogen and oxygen atoms in total. The van der Waals surface area contributed by atoms with E-state index in [0.717, 1.165) is 5.76 Å². The van der Waals surface area contributed by atoms with Crippen molar-refractivity contribution in [3.63, 3.8) is 0 Å². The Morgan fingerprint density at radius 2 is 2.25 bits per heavy atom. The topological polar surface area (TPSA) is 81.2 Å². The van der Waals surface area contributed by atoms with E-state index >= 15 is 0 Å². The Balaban J connectivity index is 2.70. The predicted molar refractivity (Wildman–Crippen MR) is 62.1 cm³/mol. The lowest BCUT2D eigenvalue weighted by atomic mass is 9.93. The lowest BCUT2D eigenvalue weighted by Gasteiger charge is -2.12. The average molecular weight is 225 g/mol. The van der Waals surface area contributed by atoms with Crippen LogP contribution in [0.4, 0.5) is 5.82 Å². The lowest BCUT2D eigenvalue weighted by molar-refractivity contribution is -0.117. The molecular weight excluding hydrogens is 206 g/mol. The van der Waals surface area contributed by atoms with Crippen LogP contribution in [0.1, 0.15) is 39.9 Å². The SMILES string of the molecule is CCC(N)C(=O)Nc1cc(C(C)(C)C)on1. The van der Waals surface area contributed by atoms with Crippen molar-refractivity contribution in [1.29, 1.82) is 0 Å². The first kappa shape index (κ1) is 12.7. The van der Waals surface area contributed by atoms with Gasteiger partial charge in [0.2, 0.25) is 5.91 Å². The summed E-state index contributed by atoms with van der Waals surface area (Å²) >= 11 is 0. The summed E-state index contributed by atoms with van der Waals surface area (Å²) in [5, 5.41) is 6.39. The van der Waals surface area contributed by atoms with Crippen LogP contribution in [0.15, 0.2) is 10.6 Å². The minimum Gasteiger partial charge on any atom is -0.359 e. The standard InChI is InChI=1S/C11H19N3O2/c1-5-7(12)10(15)13-9-6-8(16-14-9)11(2,3)4/h6-7H,5,12H2,1-4H3,(H,13,14,15). The molecule has 16 heavy (non-hydrogen) atoms. The summed E-state index contributed by atoms with van der Waals surface area (Å²) in [6, 6.07) is 1.22. The van der Waals surface area contributed by atoms with Crippen LogP contribution in [-0.4, -0.2) is 17.1 Å². The minimum absolute atomic E-state index is 0.122. The van der Waals surface area contributed by atoms with E-state index in [9.17, 15) is 4.79 Å². The fourth-order valence-electron chi connectivity index (χ4n) is 1.09. The number of carbonyl (C=O) groups is 1. The lowest BCUT2D eigenvalue weighted by Crippen LogP contribution is -2.34. The highest BCUT2D eigenvalue weighted by atomic mass is 16.5. The summed E-state index contributed by atoms with van der Waals surface area (Å²) < 4.78 is 5.14. The summed E-state index contributed by atoms with van der Waals surface area (Å²) in [6.07, 6.45) is 0.593. The molecule has 0 aliphatic heterocycles. The highest BCUT2D eigenvalue weighted by molar-refractivity contribution is 5.93. The minimum atomic E-state index is -0.505. The summed E-state index contributed by atoms with van der Waals surface area (Å²) in [5.74, 6) is 0.906. The number of rotatable bonds is 3. The quantitative estimate of drug-likeness (QED) is 0.819. The number of carbonyl (C=O) groups excluding carboxylic acids is 1. The zero-order valence-corrected chi connectivity index (χ0v) is 10.2. The third kappa shape index (κ3) is 3.06. The van der Waals surface area contributed by atoms with E-state index in [1.54, 1.807) is 6.07 Å². The predicted octanol–water partition coefficient (Wildman–Crippen LogP) is 1.65. The van der Waals surface area contributed by atoms with Crippen LogP contribution in [0, 0.1) is 0 Å². The van der Waals surface area contributed by atoms with E-state index in [4.69, 9.17) is 10.3 Å². The van der Waals surface area contributed by atoms with Crippen molar-refractivity contribution in [1.82, 2.24) is 5.16 Å². The van der Waals surface area contributed by atoms with Gasteiger partial charge in [-0.1, -0.05) is 32.9 Å². The maximum Gasteiger partial charge on any atom is 0.242 e. The number of aromatic nitrogens is 1. The maximum atomic E-state index is 11.5. The van der Waals surface area contributed by atoms with Gasteiger partial charge in [-0.15, -0.1) is 0 Å². The zero-order valence-electron chi connectivity index (χ0n) is 10.2. The molecule has 1 heterocycles. The highest BCUT2D eigenvalue weighted by Crippen LogP contribution is 2.24. The van der Waals surface area contributed by atoms with Gasteiger partial charge in [0.1, 0.15) is 5.76 Å². The van der Waals surface area contributed by atoms with E-state index in [0.29, 0.717) is 12.2 Å². The molecule has 3 N–H and O–H groups in total. The number of hydrogen-bond acceptors (Lipinski definition) is 4. The molecule has 0 aliphatic carbocycles. The van der Waals surface area contributed by atoms with Crippen molar-refractivity contribution in [3.05, 3.63) is 11.8 Å². The summed E-state index contributed by atoms with van der Waals surface area (Å²) in [7, 11) is 0. The second-order valence-electron chi connectivity index (χ2n) is 4.83. The largest absolute Gasteiger partial charge is 0.359 e. The normalized spacial score (nSPS) is 13.6. The van der Waals surface area contributed by atoms with Crippen molar-refractivity contribution < 1.29 is 9.32 Å². The molecule has 1 rings (SSSR count). The smallest absolute Gasteiger partial charge is 0.242 e. The Labute approximate surface area is 95.4 Å². The van der Waals surface area contributed by atoms with Gasteiger partial charge < -0.3 is 15.6 Å². The van der Waals surface area contributed by atoms with Crippen LogP contribution in [0.2, 0.25) is 0 Å². The van der Waals surface area contributed by atoms with Crippen LogP contribution in [0.25, 0.3) is 0 Å². The molecular formula is C11H19N3O2. The van der Waals surface area contributed by atoms with Gasteiger partial charge >= 0.3 is 0 Å². The third-order valence-electron chi connectivity index (χ3n) is 2.28.